The zero-order valence-electron chi connectivity index (χ0n) is 12.5. The first-order valence-electron chi connectivity index (χ1n) is 7.74. The molecule has 3 rings (SSSR count). The van der Waals surface area contributed by atoms with Gasteiger partial charge in [-0.1, -0.05) is 30.3 Å². The Balaban J connectivity index is 1.48. The molecule has 5 nitrogen and oxygen atoms in total. The second-order valence-corrected chi connectivity index (χ2v) is 6.16. The Morgan fingerprint density at radius 2 is 1.95 bits per heavy atom. The molecule has 0 radical (unpaired) electrons. The van der Waals surface area contributed by atoms with Gasteiger partial charge in [0.25, 0.3) is 0 Å². The summed E-state index contributed by atoms with van der Waals surface area (Å²) in [6, 6.07) is 9.90. The van der Waals surface area contributed by atoms with E-state index in [2.05, 4.69) is 14.7 Å². The number of hydrogen-bond acceptors (Lipinski definition) is 5. The van der Waals surface area contributed by atoms with Gasteiger partial charge in [0.2, 0.25) is 11.0 Å². The van der Waals surface area contributed by atoms with Gasteiger partial charge in [-0.15, -0.1) is 0 Å². The molecule has 0 unspecified atom stereocenters. The zero-order valence-corrected chi connectivity index (χ0v) is 13.3. The number of piperidine rings is 1. The highest BCUT2D eigenvalue weighted by Gasteiger charge is 2.16. The van der Waals surface area contributed by atoms with Crippen molar-refractivity contribution in [1.29, 1.82) is 0 Å². The Hall–Kier alpha value is -1.95. The van der Waals surface area contributed by atoms with E-state index in [0.29, 0.717) is 13.0 Å². The van der Waals surface area contributed by atoms with Crippen molar-refractivity contribution in [3.8, 4) is 11.4 Å². The minimum absolute atomic E-state index is 0.236. The summed E-state index contributed by atoms with van der Waals surface area (Å²) in [5, 5.41) is 3.97. The van der Waals surface area contributed by atoms with E-state index in [1.54, 1.807) is 0 Å². The van der Waals surface area contributed by atoms with Crippen LogP contribution in [0.3, 0.4) is 0 Å². The number of likely N-dealkylation sites (tertiary alicyclic amines) is 1. The molecule has 0 bridgehead atoms. The monoisotopic (exact) mass is 316 g/mol. The second-order valence-electron chi connectivity index (χ2n) is 5.41. The SMILES string of the molecule is O=C(CCNc1nc(-c2ccccc2)ns1)N1CCCCC1. The highest BCUT2D eigenvalue weighted by Crippen LogP contribution is 2.20. The molecule has 1 N–H and O–H groups in total. The van der Waals surface area contributed by atoms with E-state index in [-0.39, 0.29) is 5.91 Å². The number of carbonyl (C=O) groups is 1. The summed E-state index contributed by atoms with van der Waals surface area (Å²) in [6.07, 6.45) is 4.03. The lowest BCUT2D eigenvalue weighted by atomic mass is 10.1. The standard InChI is InChI=1S/C16H20N4OS/c21-14(20-11-5-2-6-12-20)9-10-17-16-18-15(19-22-16)13-7-3-1-4-8-13/h1,3-4,7-8H,2,5-6,9-12H2,(H,17,18,19). The van der Waals surface area contributed by atoms with Crippen LogP contribution in [0, 0.1) is 0 Å². The summed E-state index contributed by atoms with van der Waals surface area (Å²) in [6.45, 7) is 2.43. The summed E-state index contributed by atoms with van der Waals surface area (Å²) in [5.41, 5.74) is 1.01. The fraction of sp³-hybridized carbons (Fsp3) is 0.438. The fourth-order valence-corrected chi connectivity index (χ4v) is 3.19. The molecule has 0 aliphatic carbocycles. The smallest absolute Gasteiger partial charge is 0.224 e. The van der Waals surface area contributed by atoms with E-state index in [9.17, 15) is 4.79 Å². The lowest BCUT2D eigenvalue weighted by Crippen LogP contribution is -2.36. The van der Waals surface area contributed by atoms with E-state index in [0.717, 1.165) is 42.5 Å². The summed E-state index contributed by atoms with van der Waals surface area (Å²) >= 11 is 1.33. The van der Waals surface area contributed by atoms with Crippen molar-refractivity contribution >= 4 is 22.6 Å². The minimum Gasteiger partial charge on any atom is -0.360 e. The third-order valence-electron chi connectivity index (χ3n) is 3.78. The Kier molecular flexibility index (Phi) is 5.00. The molecule has 1 aliphatic heterocycles. The van der Waals surface area contributed by atoms with Crippen molar-refractivity contribution in [2.24, 2.45) is 0 Å². The number of carbonyl (C=O) groups excluding carboxylic acids is 1. The lowest BCUT2D eigenvalue weighted by Gasteiger charge is -2.26. The number of nitrogens with zero attached hydrogens (tertiary/aromatic N) is 3. The second kappa shape index (κ2) is 7.35. The first-order chi connectivity index (χ1) is 10.8. The molecule has 6 heteroatoms. The predicted octanol–water partition coefficient (Wildman–Crippen LogP) is 3.02. The van der Waals surface area contributed by atoms with Crippen molar-refractivity contribution in [2.75, 3.05) is 25.0 Å². The van der Waals surface area contributed by atoms with Crippen LogP contribution in [0.5, 0.6) is 0 Å². The molecule has 0 spiro atoms. The quantitative estimate of drug-likeness (QED) is 0.921. The van der Waals surface area contributed by atoms with Gasteiger partial charge in [-0.3, -0.25) is 4.79 Å². The summed E-state index contributed by atoms with van der Waals surface area (Å²) in [7, 11) is 0. The number of anilines is 1. The number of hydrogen-bond donors (Lipinski definition) is 1. The Labute approximate surface area is 134 Å². The molecule has 1 aromatic heterocycles. The van der Waals surface area contributed by atoms with Crippen molar-refractivity contribution in [3.05, 3.63) is 30.3 Å². The molecule has 2 heterocycles. The zero-order chi connectivity index (χ0) is 15.2. The Morgan fingerprint density at radius 3 is 2.73 bits per heavy atom. The molecule has 1 saturated heterocycles. The Morgan fingerprint density at radius 1 is 1.18 bits per heavy atom. The van der Waals surface area contributed by atoms with E-state index >= 15 is 0 Å². The summed E-state index contributed by atoms with van der Waals surface area (Å²) in [5.74, 6) is 0.968. The van der Waals surface area contributed by atoms with Gasteiger partial charge in [0.05, 0.1) is 0 Å². The van der Waals surface area contributed by atoms with Crippen LogP contribution in [0.25, 0.3) is 11.4 Å². The van der Waals surface area contributed by atoms with Crippen molar-refractivity contribution in [2.45, 2.75) is 25.7 Å². The molecule has 116 valence electrons. The average Bonchev–Trinajstić information content (AvgIpc) is 3.05. The van der Waals surface area contributed by atoms with E-state index in [4.69, 9.17) is 0 Å². The van der Waals surface area contributed by atoms with Crippen molar-refractivity contribution in [1.82, 2.24) is 14.3 Å². The number of nitrogens with one attached hydrogen (secondary N) is 1. The highest BCUT2D eigenvalue weighted by atomic mass is 32.1. The lowest BCUT2D eigenvalue weighted by molar-refractivity contribution is -0.131. The first kappa shape index (κ1) is 15.0. The third kappa shape index (κ3) is 3.82. The van der Waals surface area contributed by atoms with Gasteiger partial charge in [0.15, 0.2) is 5.82 Å². The third-order valence-corrected chi connectivity index (χ3v) is 4.45. The van der Waals surface area contributed by atoms with Crippen LogP contribution in [-0.2, 0) is 4.79 Å². The van der Waals surface area contributed by atoms with Gasteiger partial charge in [-0.05, 0) is 19.3 Å². The fourth-order valence-electron chi connectivity index (χ4n) is 2.58. The van der Waals surface area contributed by atoms with Crippen LogP contribution in [0.1, 0.15) is 25.7 Å². The van der Waals surface area contributed by atoms with Gasteiger partial charge in [-0.25, -0.2) is 0 Å². The molecule has 1 amide bonds. The number of aromatic nitrogens is 2. The maximum atomic E-state index is 12.1. The summed E-state index contributed by atoms with van der Waals surface area (Å²) < 4.78 is 4.35. The van der Waals surface area contributed by atoms with Gasteiger partial charge in [0, 0.05) is 43.2 Å². The van der Waals surface area contributed by atoms with Crippen LogP contribution >= 0.6 is 11.5 Å². The molecular formula is C16H20N4OS. The van der Waals surface area contributed by atoms with Crippen LogP contribution in [0.15, 0.2) is 30.3 Å². The first-order valence-corrected chi connectivity index (χ1v) is 8.51. The predicted molar refractivity (Wildman–Crippen MR) is 88.9 cm³/mol. The molecule has 1 fully saturated rings. The normalized spacial score (nSPS) is 14.8. The topological polar surface area (TPSA) is 58.1 Å². The molecule has 1 aromatic carbocycles. The van der Waals surface area contributed by atoms with Gasteiger partial charge in [-0.2, -0.15) is 9.36 Å². The average molecular weight is 316 g/mol. The van der Waals surface area contributed by atoms with Crippen LogP contribution < -0.4 is 5.32 Å². The highest BCUT2D eigenvalue weighted by molar-refractivity contribution is 7.09. The number of amides is 1. The molecule has 0 atom stereocenters. The molecule has 2 aromatic rings. The van der Waals surface area contributed by atoms with E-state index in [1.807, 2.05) is 35.2 Å². The largest absolute Gasteiger partial charge is 0.360 e. The Bertz CT molecular complexity index is 608. The van der Waals surface area contributed by atoms with Gasteiger partial charge < -0.3 is 10.2 Å². The van der Waals surface area contributed by atoms with E-state index in [1.165, 1.54) is 18.0 Å². The van der Waals surface area contributed by atoms with Crippen LogP contribution in [0.4, 0.5) is 5.13 Å². The van der Waals surface area contributed by atoms with Gasteiger partial charge >= 0.3 is 0 Å². The maximum absolute atomic E-state index is 12.1. The van der Waals surface area contributed by atoms with Crippen LogP contribution in [-0.4, -0.2) is 39.8 Å². The molecular weight excluding hydrogens is 296 g/mol. The molecule has 0 saturated carbocycles. The van der Waals surface area contributed by atoms with Crippen molar-refractivity contribution in [3.63, 3.8) is 0 Å². The van der Waals surface area contributed by atoms with E-state index < -0.39 is 0 Å². The van der Waals surface area contributed by atoms with Crippen LogP contribution in [0.2, 0.25) is 0 Å². The molecule has 1 aliphatic rings. The molecule has 22 heavy (non-hydrogen) atoms. The number of benzene rings is 1. The summed E-state index contributed by atoms with van der Waals surface area (Å²) in [4.78, 5) is 18.5. The minimum atomic E-state index is 0.236. The van der Waals surface area contributed by atoms with Gasteiger partial charge in [0.1, 0.15) is 0 Å². The van der Waals surface area contributed by atoms with Crippen molar-refractivity contribution < 1.29 is 4.79 Å². The number of rotatable bonds is 5. The maximum Gasteiger partial charge on any atom is 0.224 e.